The van der Waals surface area contributed by atoms with Crippen LogP contribution in [0.2, 0.25) is 18.1 Å². The van der Waals surface area contributed by atoms with Gasteiger partial charge in [0.2, 0.25) is 0 Å². The lowest BCUT2D eigenvalue weighted by Crippen LogP contribution is -2.42. The molecule has 0 amide bonds. The number of aliphatic hydroxyl groups excluding tert-OH is 1. The number of hydrogen-bond donors (Lipinski definition) is 1. The summed E-state index contributed by atoms with van der Waals surface area (Å²) in [6, 6.07) is 19.3. The van der Waals surface area contributed by atoms with E-state index in [4.69, 9.17) is 4.43 Å². The van der Waals surface area contributed by atoms with E-state index in [2.05, 4.69) is 46.0 Å². The molecular weight excluding hydrogens is 376 g/mol. The molecule has 2 aromatic carbocycles. The fourth-order valence-electron chi connectivity index (χ4n) is 2.83. The van der Waals surface area contributed by atoms with Gasteiger partial charge in [-0.2, -0.15) is 0 Å². The number of hydrogen-bond acceptors (Lipinski definition) is 3. The molecule has 0 radical (unpaired) electrons. The molecule has 0 bridgehead atoms. The third kappa shape index (κ3) is 7.07. The van der Waals surface area contributed by atoms with Gasteiger partial charge in [0.15, 0.2) is 14.1 Å². The molecule has 0 fully saturated rings. The molecule has 156 valence electrons. The van der Waals surface area contributed by atoms with Gasteiger partial charge in [0.1, 0.15) is 0 Å². The fourth-order valence-corrected chi connectivity index (χ4v) is 4.12. The summed E-state index contributed by atoms with van der Waals surface area (Å²) in [5.74, 6) is -0.0464. The Kier molecular flexibility index (Phi) is 8.14. The quantitative estimate of drug-likeness (QED) is 0.298. The second-order valence-electron chi connectivity index (χ2n) is 9.04. The first-order valence-corrected chi connectivity index (χ1v) is 13.2. The number of ketones is 1. The zero-order valence-electron chi connectivity index (χ0n) is 18.3. The number of aliphatic hydroxyl groups is 1. The highest BCUT2D eigenvalue weighted by Crippen LogP contribution is 2.40. The van der Waals surface area contributed by atoms with Crippen LogP contribution in [0.5, 0.6) is 0 Å². The predicted octanol–water partition coefficient (Wildman–Crippen LogP) is 6.33. The molecule has 2 atom stereocenters. The molecule has 2 rings (SSSR count). The third-order valence-electron chi connectivity index (χ3n) is 5.64. The first kappa shape index (κ1) is 23.3. The minimum absolute atomic E-state index is 0.0464. The van der Waals surface area contributed by atoms with Crippen molar-refractivity contribution in [2.75, 3.05) is 0 Å². The summed E-state index contributed by atoms with van der Waals surface area (Å²) in [6.07, 6.45) is 3.48. The van der Waals surface area contributed by atoms with Crippen LogP contribution in [-0.4, -0.2) is 25.3 Å². The maximum absolute atomic E-state index is 12.2. The van der Waals surface area contributed by atoms with Crippen molar-refractivity contribution in [2.24, 2.45) is 0 Å². The van der Waals surface area contributed by atoms with Crippen LogP contribution in [0.25, 0.3) is 0 Å². The molecule has 0 aliphatic heterocycles. The summed E-state index contributed by atoms with van der Waals surface area (Å²) in [5.41, 5.74) is 1.74. The maximum atomic E-state index is 12.2. The molecule has 0 aliphatic rings. The lowest BCUT2D eigenvalue weighted by atomic mass is 10.0. The van der Waals surface area contributed by atoms with Crippen molar-refractivity contribution in [1.82, 2.24) is 0 Å². The number of carbonyl (C=O) groups excluding carboxylic acids is 1. The molecule has 1 N–H and O–H groups in total. The van der Waals surface area contributed by atoms with Crippen LogP contribution in [0.1, 0.15) is 55.6 Å². The third-order valence-corrected chi connectivity index (χ3v) is 10.1. The average molecular weight is 411 g/mol. The van der Waals surface area contributed by atoms with E-state index in [0.29, 0.717) is 18.4 Å². The van der Waals surface area contributed by atoms with Crippen molar-refractivity contribution in [3.05, 3.63) is 83.9 Å². The van der Waals surface area contributed by atoms with Gasteiger partial charge >= 0.3 is 0 Å². The first-order valence-electron chi connectivity index (χ1n) is 10.3. The zero-order valence-corrected chi connectivity index (χ0v) is 19.3. The van der Waals surface area contributed by atoms with Crippen molar-refractivity contribution >= 4 is 14.1 Å². The van der Waals surface area contributed by atoms with Gasteiger partial charge in [0, 0.05) is 12.0 Å². The number of benzene rings is 2. The van der Waals surface area contributed by atoms with Gasteiger partial charge in [0.25, 0.3) is 0 Å². The number of carbonyl (C=O) groups is 1. The fraction of sp³-hybridized carbons (Fsp3) is 0.400. The van der Waals surface area contributed by atoms with Crippen LogP contribution in [0, 0.1) is 0 Å². The summed E-state index contributed by atoms with van der Waals surface area (Å²) < 4.78 is 6.64. The van der Waals surface area contributed by atoms with E-state index >= 15 is 0 Å². The Morgan fingerprint density at radius 2 is 1.59 bits per heavy atom. The monoisotopic (exact) mass is 410 g/mol. The molecule has 29 heavy (non-hydrogen) atoms. The zero-order chi connectivity index (χ0) is 21.5. The van der Waals surface area contributed by atoms with Gasteiger partial charge in [-0.25, -0.2) is 0 Å². The van der Waals surface area contributed by atoms with Crippen LogP contribution in [0.3, 0.4) is 0 Å². The van der Waals surface area contributed by atoms with Crippen LogP contribution in [-0.2, 0) is 4.43 Å². The molecule has 4 heteroatoms. The summed E-state index contributed by atoms with van der Waals surface area (Å²) in [5, 5.41) is 10.7. The van der Waals surface area contributed by atoms with Gasteiger partial charge in [-0.1, -0.05) is 87.5 Å². The molecule has 0 spiro atoms. The van der Waals surface area contributed by atoms with Crippen LogP contribution >= 0.6 is 0 Å². The molecule has 2 aromatic rings. The molecule has 0 heterocycles. The SMILES string of the molecule is CC(C)(C)[Si](C)(C)O[C@@H](C[C@@H](O)C/C=C/C(=O)c1ccccc1)c1ccccc1. The molecule has 3 nitrogen and oxygen atoms in total. The van der Waals surface area contributed by atoms with E-state index < -0.39 is 14.4 Å². The highest BCUT2D eigenvalue weighted by molar-refractivity contribution is 6.74. The van der Waals surface area contributed by atoms with Crippen molar-refractivity contribution < 1.29 is 14.3 Å². The highest BCUT2D eigenvalue weighted by atomic mass is 28.4. The van der Waals surface area contributed by atoms with Gasteiger partial charge in [0.05, 0.1) is 12.2 Å². The van der Waals surface area contributed by atoms with Crippen molar-refractivity contribution in [2.45, 2.75) is 64.0 Å². The van der Waals surface area contributed by atoms with E-state index in [1.165, 1.54) is 0 Å². The Labute approximate surface area is 176 Å². The lowest BCUT2D eigenvalue weighted by molar-refractivity contribution is 0.0878. The van der Waals surface area contributed by atoms with Gasteiger partial charge in [-0.3, -0.25) is 4.79 Å². The summed E-state index contributed by atoms with van der Waals surface area (Å²) in [7, 11) is -1.99. The van der Waals surface area contributed by atoms with E-state index in [1.54, 1.807) is 24.3 Å². The highest BCUT2D eigenvalue weighted by Gasteiger charge is 2.39. The smallest absolute Gasteiger partial charge is 0.192 e. The summed E-state index contributed by atoms with van der Waals surface area (Å²) in [6.45, 7) is 11.1. The van der Waals surface area contributed by atoms with Crippen molar-refractivity contribution in [3.63, 3.8) is 0 Å². The van der Waals surface area contributed by atoms with Crippen LogP contribution < -0.4 is 0 Å². The van der Waals surface area contributed by atoms with Crippen LogP contribution in [0.4, 0.5) is 0 Å². The Morgan fingerprint density at radius 3 is 2.14 bits per heavy atom. The minimum atomic E-state index is -1.99. The number of allylic oxidation sites excluding steroid dienone is 1. The second-order valence-corrected chi connectivity index (χ2v) is 13.8. The van der Waals surface area contributed by atoms with E-state index in [9.17, 15) is 9.90 Å². The molecule has 0 aromatic heterocycles. The maximum Gasteiger partial charge on any atom is 0.192 e. The Bertz CT molecular complexity index is 792. The predicted molar refractivity (Wildman–Crippen MR) is 123 cm³/mol. The summed E-state index contributed by atoms with van der Waals surface area (Å²) in [4.78, 5) is 12.2. The van der Waals surface area contributed by atoms with Crippen molar-refractivity contribution in [1.29, 1.82) is 0 Å². The number of rotatable bonds is 9. The second kappa shape index (κ2) is 10.1. The van der Waals surface area contributed by atoms with Gasteiger partial charge in [-0.15, -0.1) is 0 Å². The minimum Gasteiger partial charge on any atom is -0.410 e. The first-order chi connectivity index (χ1) is 13.6. The average Bonchev–Trinajstić information content (AvgIpc) is 2.67. The molecule has 0 unspecified atom stereocenters. The molecule has 0 saturated carbocycles. The molecular formula is C25H34O3Si. The van der Waals surface area contributed by atoms with Crippen LogP contribution in [0.15, 0.2) is 72.8 Å². The standard InChI is InChI=1S/C25H34O3Si/c1-25(2,3)29(4,5)28-24(21-15-10-7-11-16-21)19-22(26)17-12-18-23(27)20-13-8-6-9-14-20/h6-16,18,22,24,26H,17,19H2,1-5H3/b18-12+/t22-,24-/m0/s1. The lowest BCUT2D eigenvalue weighted by Gasteiger charge is -2.40. The van der Waals surface area contributed by atoms with E-state index in [1.807, 2.05) is 36.4 Å². The molecule has 0 saturated heterocycles. The molecule has 0 aliphatic carbocycles. The topological polar surface area (TPSA) is 46.5 Å². The Hall–Kier alpha value is -2.01. The largest absolute Gasteiger partial charge is 0.410 e. The van der Waals surface area contributed by atoms with Gasteiger partial charge < -0.3 is 9.53 Å². The Morgan fingerprint density at radius 1 is 1.03 bits per heavy atom. The Balaban J connectivity index is 2.04. The van der Waals surface area contributed by atoms with Gasteiger partial charge in [-0.05, 0) is 36.2 Å². The van der Waals surface area contributed by atoms with Crippen molar-refractivity contribution in [3.8, 4) is 0 Å². The summed E-state index contributed by atoms with van der Waals surface area (Å²) >= 11 is 0. The van der Waals surface area contributed by atoms with E-state index in [-0.39, 0.29) is 16.9 Å². The normalized spacial score (nSPS) is 14.7. The van der Waals surface area contributed by atoms with E-state index in [0.717, 1.165) is 5.56 Å².